The molecule has 1 unspecified atom stereocenters. The molecule has 1 atom stereocenters. The van der Waals surface area contributed by atoms with Gasteiger partial charge in [0.2, 0.25) is 0 Å². The van der Waals surface area contributed by atoms with Gasteiger partial charge in [-0.3, -0.25) is 4.90 Å². The summed E-state index contributed by atoms with van der Waals surface area (Å²) in [5.41, 5.74) is 0. The van der Waals surface area contributed by atoms with Gasteiger partial charge in [0, 0.05) is 25.2 Å². The zero-order valence-corrected chi connectivity index (χ0v) is 13.1. The average Bonchev–Trinajstić information content (AvgIpc) is 2.14. The third kappa shape index (κ3) is 8.62. The molecule has 0 aromatic carbocycles. The van der Waals surface area contributed by atoms with E-state index < -0.39 is 0 Å². The summed E-state index contributed by atoms with van der Waals surface area (Å²) < 4.78 is 0. The van der Waals surface area contributed by atoms with E-state index in [9.17, 15) is 0 Å². The Morgan fingerprint density at radius 2 is 1.41 bits per heavy atom. The summed E-state index contributed by atoms with van der Waals surface area (Å²) in [7, 11) is 0. The summed E-state index contributed by atoms with van der Waals surface area (Å²) in [6.45, 7) is 19.5. The molecule has 0 fully saturated rings. The predicted octanol–water partition coefficient (Wildman–Crippen LogP) is 3.38. The van der Waals surface area contributed by atoms with Crippen molar-refractivity contribution in [3.05, 3.63) is 0 Å². The van der Waals surface area contributed by atoms with E-state index in [1.165, 1.54) is 6.42 Å². The first-order valence-electron chi connectivity index (χ1n) is 7.31. The van der Waals surface area contributed by atoms with E-state index in [0.29, 0.717) is 12.1 Å². The third-order valence-corrected chi connectivity index (χ3v) is 3.24. The summed E-state index contributed by atoms with van der Waals surface area (Å²) in [6.07, 6.45) is 1.32. The average molecular weight is 242 g/mol. The van der Waals surface area contributed by atoms with Crippen LogP contribution in [-0.4, -0.2) is 36.6 Å². The fourth-order valence-corrected chi connectivity index (χ4v) is 2.56. The normalized spacial score (nSPS) is 14.3. The second-order valence-corrected chi connectivity index (χ2v) is 6.36. The van der Waals surface area contributed by atoms with E-state index in [-0.39, 0.29) is 0 Å². The van der Waals surface area contributed by atoms with Gasteiger partial charge >= 0.3 is 0 Å². The number of hydrogen-bond donors (Lipinski definition) is 1. The molecule has 17 heavy (non-hydrogen) atoms. The largest absolute Gasteiger partial charge is 0.315 e. The highest BCUT2D eigenvalue weighted by Crippen LogP contribution is 2.09. The molecule has 0 spiro atoms. The SMILES string of the molecule is CC(C)CC(C)CNCCN(C(C)C)C(C)C. The van der Waals surface area contributed by atoms with Gasteiger partial charge in [-0.05, 0) is 52.5 Å². The van der Waals surface area contributed by atoms with E-state index in [1.807, 2.05) is 0 Å². The van der Waals surface area contributed by atoms with Crippen LogP contribution in [0.5, 0.6) is 0 Å². The second-order valence-electron chi connectivity index (χ2n) is 6.36. The molecule has 0 aliphatic carbocycles. The standard InChI is InChI=1S/C15H34N2/c1-12(2)10-15(7)11-16-8-9-17(13(3)4)14(5)6/h12-16H,8-11H2,1-7H3. The Hall–Kier alpha value is -0.0800. The van der Waals surface area contributed by atoms with Gasteiger partial charge in [-0.25, -0.2) is 0 Å². The van der Waals surface area contributed by atoms with Crippen molar-refractivity contribution in [1.82, 2.24) is 10.2 Å². The van der Waals surface area contributed by atoms with Crippen LogP contribution in [0.25, 0.3) is 0 Å². The highest BCUT2D eigenvalue weighted by molar-refractivity contribution is 4.69. The predicted molar refractivity (Wildman–Crippen MR) is 78.5 cm³/mol. The molecular formula is C15H34N2. The number of hydrogen-bond acceptors (Lipinski definition) is 2. The van der Waals surface area contributed by atoms with Crippen molar-refractivity contribution in [2.45, 2.75) is 67.0 Å². The minimum Gasteiger partial charge on any atom is -0.315 e. The molecule has 2 nitrogen and oxygen atoms in total. The molecule has 0 rings (SSSR count). The smallest absolute Gasteiger partial charge is 0.0112 e. The Balaban J connectivity index is 3.68. The van der Waals surface area contributed by atoms with Crippen LogP contribution < -0.4 is 5.32 Å². The highest BCUT2D eigenvalue weighted by atomic mass is 15.2. The number of rotatable bonds is 9. The molecule has 104 valence electrons. The Kier molecular flexibility index (Phi) is 8.89. The van der Waals surface area contributed by atoms with E-state index in [0.717, 1.165) is 31.5 Å². The molecule has 0 radical (unpaired) electrons. The van der Waals surface area contributed by atoms with Gasteiger partial charge < -0.3 is 5.32 Å². The van der Waals surface area contributed by atoms with Crippen LogP contribution in [0, 0.1) is 11.8 Å². The Morgan fingerprint density at radius 3 is 1.82 bits per heavy atom. The molecule has 2 heteroatoms. The topological polar surface area (TPSA) is 15.3 Å². The fraction of sp³-hybridized carbons (Fsp3) is 1.00. The van der Waals surface area contributed by atoms with E-state index in [4.69, 9.17) is 0 Å². The van der Waals surface area contributed by atoms with Crippen LogP contribution in [0.1, 0.15) is 54.9 Å². The molecule has 0 saturated heterocycles. The molecule has 0 saturated carbocycles. The summed E-state index contributed by atoms with van der Waals surface area (Å²) in [5, 5.41) is 3.59. The first-order chi connectivity index (χ1) is 7.84. The number of nitrogens with zero attached hydrogens (tertiary/aromatic N) is 1. The zero-order valence-electron chi connectivity index (χ0n) is 13.1. The van der Waals surface area contributed by atoms with Gasteiger partial charge in [-0.1, -0.05) is 20.8 Å². The van der Waals surface area contributed by atoms with Crippen molar-refractivity contribution in [2.24, 2.45) is 11.8 Å². The lowest BCUT2D eigenvalue weighted by molar-refractivity contribution is 0.175. The fourth-order valence-electron chi connectivity index (χ4n) is 2.56. The lowest BCUT2D eigenvalue weighted by Crippen LogP contribution is -2.42. The lowest BCUT2D eigenvalue weighted by atomic mass is 9.99. The Labute approximate surface area is 109 Å². The van der Waals surface area contributed by atoms with E-state index >= 15 is 0 Å². The molecule has 0 aliphatic heterocycles. The Bertz CT molecular complexity index is 168. The minimum atomic E-state index is 0.643. The third-order valence-electron chi connectivity index (χ3n) is 3.24. The maximum atomic E-state index is 3.59. The monoisotopic (exact) mass is 242 g/mol. The first kappa shape index (κ1) is 16.9. The molecule has 0 aromatic rings. The molecule has 1 N–H and O–H groups in total. The zero-order chi connectivity index (χ0) is 13.4. The summed E-state index contributed by atoms with van der Waals surface area (Å²) in [5.74, 6) is 1.61. The van der Waals surface area contributed by atoms with Gasteiger partial charge in [0.05, 0.1) is 0 Å². The van der Waals surface area contributed by atoms with Crippen molar-refractivity contribution < 1.29 is 0 Å². The first-order valence-corrected chi connectivity index (χ1v) is 7.31. The van der Waals surface area contributed by atoms with Crippen molar-refractivity contribution in [3.63, 3.8) is 0 Å². The van der Waals surface area contributed by atoms with E-state index in [2.05, 4.69) is 58.7 Å². The van der Waals surface area contributed by atoms with Crippen molar-refractivity contribution >= 4 is 0 Å². The van der Waals surface area contributed by atoms with Crippen LogP contribution in [0.15, 0.2) is 0 Å². The maximum absolute atomic E-state index is 3.59. The summed E-state index contributed by atoms with van der Waals surface area (Å²) in [6, 6.07) is 1.29. The quantitative estimate of drug-likeness (QED) is 0.624. The highest BCUT2D eigenvalue weighted by Gasteiger charge is 2.12. The van der Waals surface area contributed by atoms with Crippen LogP contribution in [-0.2, 0) is 0 Å². The van der Waals surface area contributed by atoms with Gasteiger partial charge in [0.1, 0.15) is 0 Å². The van der Waals surface area contributed by atoms with Crippen LogP contribution in [0.3, 0.4) is 0 Å². The molecular weight excluding hydrogens is 208 g/mol. The Morgan fingerprint density at radius 1 is 0.882 bits per heavy atom. The number of nitrogens with one attached hydrogen (secondary N) is 1. The van der Waals surface area contributed by atoms with Crippen LogP contribution in [0.2, 0.25) is 0 Å². The lowest BCUT2D eigenvalue weighted by Gasteiger charge is -2.30. The summed E-state index contributed by atoms with van der Waals surface area (Å²) >= 11 is 0. The van der Waals surface area contributed by atoms with Crippen molar-refractivity contribution in [3.8, 4) is 0 Å². The molecule has 0 aromatic heterocycles. The molecule has 0 bridgehead atoms. The van der Waals surface area contributed by atoms with Crippen molar-refractivity contribution in [2.75, 3.05) is 19.6 Å². The van der Waals surface area contributed by atoms with Crippen LogP contribution >= 0.6 is 0 Å². The van der Waals surface area contributed by atoms with Crippen LogP contribution in [0.4, 0.5) is 0 Å². The van der Waals surface area contributed by atoms with E-state index in [1.54, 1.807) is 0 Å². The van der Waals surface area contributed by atoms with Gasteiger partial charge in [-0.15, -0.1) is 0 Å². The second kappa shape index (κ2) is 8.93. The van der Waals surface area contributed by atoms with Gasteiger partial charge in [0.25, 0.3) is 0 Å². The molecule has 0 heterocycles. The molecule has 0 amide bonds. The van der Waals surface area contributed by atoms with Gasteiger partial charge in [-0.2, -0.15) is 0 Å². The minimum absolute atomic E-state index is 0.643. The van der Waals surface area contributed by atoms with Gasteiger partial charge in [0.15, 0.2) is 0 Å². The van der Waals surface area contributed by atoms with Crippen molar-refractivity contribution in [1.29, 1.82) is 0 Å². The summed E-state index contributed by atoms with van der Waals surface area (Å²) in [4.78, 5) is 2.54. The molecule has 0 aliphatic rings. The maximum Gasteiger partial charge on any atom is 0.0112 e.